The van der Waals surface area contributed by atoms with E-state index in [2.05, 4.69) is 88.1 Å². The van der Waals surface area contributed by atoms with E-state index in [1.165, 1.54) is 50.1 Å². The fourth-order valence-corrected chi connectivity index (χ4v) is 4.21. The molecular formula is C28H27N. The SMILES string of the molecule is Cc1c(C)c(C)c(-c2ccccc2-c2ccc(-c3ccccn3)cc2)c(C)c1C. The highest BCUT2D eigenvalue weighted by molar-refractivity contribution is 5.88. The molecule has 0 unspecified atom stereocenters. The third-order valence-electron chi connectivity index (χ3n) is 6.35. The molecule has 0 atom stereocenters. The van der Waals surface area contributed by atoms with Crippen LogP contribution in [0.1, 0.15) is 27.8 Å². The monoisotopic (exact) mass is 377 g/mol. The molecule has 1 aromatic heterocycles. The number of pyridine rings is 1. The second kappa shape index (κ2) is 7.67. The molecule has 4 rings (SSSR count). The summed E-state index contributed by atoms with van der Waals surface area (Å²) in [7, 11) is 0. The van der Waals surface area contributed by atoms with Crippen molar-refractivity contribution in [3.05, 3.63) is 101 Å². The minimum absolute atomic E-state index is 1.00. The van der Waals surface area contributed by atoms with Crippen LogP contribution in [0.4, 0.5) is 0 Å². The maximum absolute atomic E-state index is 4.47. The summed E-state index contributed by atoms with van der Waals surface area (Å²) in [6.45, 7) is 11.2. The Bertz CT molecular complexity index is 1140. The van der Waals surface area contributed by atoms with Crippen molar-refractivity contribution in [3.63, 3.8) is 0 Å². The Labute approximate surface area is 174 Å². The van der Waals surface area contributed by atoms with Gasteiger partial charge in [0.15, 0.2) is 0 Å². The fraction of sp³-hybridized carbons (Fsp3) is 0.179. The van der Waals surface area contributed by atoms with E-state index in [9.17, 15) is 0 Å². The highest BCUT2D eigenvalue weighted by Gasteiger charge is 2.16. The van der Waals surface area contributed by atoms with Gasteiger partial charge in [-0.25, -0.2) is 0 Å². The first-order chi connectivity index (χ1) is 14.0. The van der Waals surface area contributed by atoms with Crippen LogP contribution in [0.2, 0.25) is 0 Å². The van der Waals surface area contributed by atoms with Crippen LogP contribution >= 0.6 is 0 Å². The Morgan fingerprint density at radius 1 is 0.483 bits per heavy atom. The van der Waals surface area contributed by atoms with E-state index in [-0.39, 0.29) is 0 Å². The topological polar surface area (TPSA) is 12.9 Å². The number of hydrogen-bond donors (Lipinski definition) is 0. The lowest BCUT2D eigenvalue weighted by atomic mass is 9.83. The van der Waals surface area contributed by atoms with Crippen LogP contribution in [0.3, 0.4) is 0 Å². The van der Waals surface area contributed by atoms with Crippen LogP contribution in [0.25, 0.3) is 33.5 Å². The van der Waals surface area contributed by atoms with Crippen molar-refractivity contribution in [2.45, 2.75) is 34.6 Å². The number of nitrogens with zero attached hydrogens (tertiary/aromatic N) is 1. The highest BCUT2D eigenvalue weighted by atomic mass is 14.7. The molecule has 0 radical (unpaired) electrons. The Hall–Kier alpha value is -3.19. The molecule has 0 aliphatic rings. The van der Waals surface area contributed by atoms with Crippen molar-refractivity contribution in [2.24, 2.45) is 0 Å². The minimum atomic E-state index is 1.00. The van der Waals surface area contributed by atoms with E-state index in [4.69, 9.17) is 0 Å². The molecule has 3 aromatic carbocycles. The first-order valence-electron chi connectivity index (χ1n) is 10.2. The summed E-state index contributed by atoms with van der Waals surface area (Å²) in [5, 5.41) is 0. The second-order valence-electron chi connectivity index (χ2n) is 7.84. The molecule has 0 saturated carbocycles. The van der Waals surface area contributed by atoms with Gasteiger partial charge in [-0.2, -0.15) is 0 Å². The van der Waals surface area contributed by atoms with Gasteiger partial charge in [0.2, 0.25) is 0 Å². The number of rotatable bonds is 3. The standard InChI is InChI=1S/C28H27N/c1-18-19(2)21(4)28(22(5)20(18)3)26-11-7-6-10-25(26)23-13-15-24(16-14-23)27-12-8-9-17-29-27/h6-17H,1-5H3. The third kappa shape index (κ3) is 3.38. The first kappa shape index (κ1) is 19.1. The summed E-state index contributed by atoms with van der Waals surface area (Å²) in [6, 6.07) is 23.5. The predicted octanol–water partition coefficient (Wildman–Crippen LogP) is 7.62. The molecule has 0 aliphatic heterocycles. The van der Waals surface area contributed by atoms with Crippen LogP contribution in [-0.2, 0) is 0 Å². The summed E-state index contributed by atoms with van der Waals surface area (Å²) in [5.74, 6) is 0. The van der Waals surface area contributed by atoms with Crippen LogP contribution in [-0.4, -0.2) is 4.98 Å². The lowest BCUT2D eigenvalue weighted by Crippen LogP contribution is -2.00. The van der Waals surface area contributed by atoms with Gasteiger partial charge in [0.25, 0.3) is 0 Å². The predicted molar refractivity (Wildman–Crippen MR) is 124 cm³/mol. The summed E-state index contributed by atoms with van der Waals surface area (Å²) in [6.07, 6.45) is 1.84. The molecule has 1 heterocycles. The largest absolute Gasteiger partial charge is 0.256 e. The summed E-state index contributed by atoms with van der Waals surface area (Å²) >= 11 is 0. The van der Waals surface area contributed by atoms with Crippen LogP contribution in [0.15, 0.2) is 72.9 Å². The number of benzene rings is 3. The van der Waals surface area contributed by atoms with Crippen LogP contribution in [0, 0.1) is 34.6 Å². The molecule has 0 bridgehead atoms. The van der Waals surface area contributed by atoms with E-state index in [0.29, 0.717) is 0 Å². The number of aromatic nitrogens is 1. The Morgan fingerprint density at radius 3 is 1.59 bits per heavy atom. The molecule has 4 aromatic rings. The van der Waals surface area contributed by atoms with Gasteiger partial charge < -0.3 is 0 Å². The van der Waals surface area contributed by atoms with Crippen molar-refractivity contribution < 1.29 is 0 Å². The molecule has 0 N–H and O–H groups in total. The van der Waals surface area contributed by atoms with E-state index in [1.54, 1.807) is 0 Å². The third-order valence-corrected chi connectivity index (χ3v) is 6.35. The molecule has 0 fully saturated rings. The zero-order valence-electron chi connectivity index (χ0n) is 17.9. The van der Waals surface area contributed by atoms with Crippen molar-refractivity contribution in [1.29, 1.82) is 0 Å². The molecule has 0 aliphatic carbocycles. The van der Waals surface area contributed by atoms with Crippen molar-refractivity contribution in [3.8, 4) is 33.5 Å². The van der Waals surface area contributed by atoms with Crippen molar-refractivity contribution >= 4 is 0 Å². The zero-order valence-corrected chi connectivity index (χ0v) is 17.9. The van der Waals surface area contributed by atoms with E-state index >= 15 is 0 Å². The molecule has 0 spiro atoms. The lowest BCUT2D eigenvalue weighted by molar-refractivity contribution is 1.18. The highest BCUT2D eigenvalue weighted by Crippen LogP contribution is 2.39. The van der Waals surface area contributed by atoms with E-state index in [0.717, 1.165) is 11.3 Å². The van der Waals surface area contributed by atoms with E-state index in [1.807, 2.05) is 24.4 Å². The van der Waals surface area contributed by atoms with Gasteiger partial charge in [0.05, 0.1) is 5.69 Å². The molecule has 1 nitrogen and oxygen atoms in total. The van der Waals surface area contributed by atoms with E-state index < -0.39 is 0 Å². The van der Waals surface area contributed by atoms with Gasteiger partial charge in [-0.15, -0.1) is 0 Å². The van der Waals surface area contributed by atoms with Crippen LogP contribution < -0.4 is 0 Å². The number of hydrogen-bond acceptors (Lipinski definition) is 1. The van der Waals surface area contributed by atoms with Gasteiger partial charge in [-0.1, -0.05) is 54.6 Å². The van der Waals surface area contributed by atoms with Gasteiger partial charge in [-0.3, -0.25) is 4.98 Å². The molecule has 1 heteroatoms. The van der Waals surface area contributed by atoms with Gasteiger partial charge in [0, 0.05) is 11.8 Å². The van der Waals surface area contributed by atoms with Crippen molar-refractivity contribution in [1.82, 2.24) is 4.98 Å². The van der Waals surface area contributed by atoms with Gasteiger partial charge in [-0.05, 0) is 96.8 Å². The van der Waals surface area contributed by atoms with Crippen molar-refractivity contribution in [2.75, 3.05) is 0 Å². The molecule has 0 amide bonds. The smallest absolute Gasteiger partial charge is 0.0701 e. The maximum atomic E-state index is 4.47. The quantitative estimate of drug-likeness (QED) is 0.358. The molecule has 0 saturated heterocycles. The Morgan fingerprint density at radius 2 is 1.00 bits per heavy atom. The van der Waals surface area contributed by atoms with Gasteiger partial charge in [0.1, 0.15) is 0 Å². The summed E-state index contributed by atoms with van der Waals surface area (Å²) in [4.78, 5) is 4.47. The zero-order chi connectivity index (χ0) is 20.5. The Balaban J connectivity index is 1.86. The summed E-state index contributed by atoms with van der Waals surface area (Å²) in [5.41, 5.74) is 14.3. The molecule has 29 heavy (non-hydrogen) atoms. The first-order valence-corrected chi connectivity index (χ1v) is 10.2. The Kier molecular flexibility index (Phi) is 5.07. The maximum Gasteiger partial charge on any atom is 0.0701 e. The normalized spacial score (nSPS) is 10.9. The molecule has 144 valence electrons. The van der Waals surface area contributed by atoms with Gasteiger partial charge >= 0.3 is 0 Å². The molecular weight excluding hydrogens is 350 g/mol. The lowest BCUT2D eigenvalue weighted by Gasteiger charge is -2.21. The minimum Gasteiger partial charge on any atom is -0.256 e. The average Bonchev–Trinajstić information content (AvgIpc) is 2.77. The summed E-state index contributed by atoms with van der Waals surface area (Å²) < 4.78 is 0. The average molecular weight is 378 g/mol. The second-order valence-corrected chi connectivity index (χ2v) is 7.84. The van der Waals surface area contributed by atoms with Crippen LogP contribution in [0.5, 0.6) is 0 Å². The fourth-order valence-electron chi connectivity index (χ4n) is 4.21.